The van der Waals surface area contributed by atoms with Crippen molar-refractivity contribution in [2.24, 2.45) is 0 Å². The molecule has 0 radical (unpaired) electrons. The van der Waals surface area contributed by atoms with Crippen LogP contribution in [0, 0.1) is 6.92 Å². The predicted molar refractivity (Wildman–Crippen MR) is 72.4 cm³/mol. The van der Waals surface area contributed by atoms with Crippen LogP contribution in [0.3, 0.4) is 0 Å². The Labute approximate surface area is 111 Å². The van der Waals surface area contributed by atoms with Gasteiger partial charge in [-0.2, -0.15) is 0 Å². The molecule has 0 bridgehead atoms. The van der Waals surface area contributed by atoms with Crippen molar-refractivity contribution in [3.63, 3.8) is 0 Å². The van der Waals surface area contributed by atoms with E-state index in [0.29, 0.717) is 0 Å². The molecule has 0 N–H and O–H groups in total. The van der Waals surface area contributed by atoms with Gasteiger partial charge in [-0.3, -0.25) is 0 Å². The Morgan fingerprint density at radius 3 is 2.41 bits per heavy atom. The number of benzene rings is 1. The zero-order valence-electron chi connectivity index (χ0n) is 10.2. The smallest absolute Gasteiger partial charge is 0.194 e. The summed E-state index contributed by atoms with van der Waals surface area (Å²) in [5.74, 6) is -0.514. The molecule has 0 unspecified atom stereocenters. The van der Waals surface area contributed by atoms with E-state index in [1.165, 1.54) is 5.56 Å². The second-order valence-electron chi connectivity index (χ2n) is 4.46. The van der Waals surface area contributed by atoms with Crippen molar-refractivity contribution in [3.05, 3.63) is 35.4 Å². The minimum absolute atomic E-state index is 0.514. The quantitative estimate of drug-likeness (QED) is 0.788. The number of aryl methyl sites for hydroxylation is 1. The van der Waals surface area contributed by atoms with Crippen LogP contribution in [0.4, 0.5) is 0 Å². The van der Waals surface area contributed by atoms with Crippen LogP contribution < -0.4 is 0 Å². The minimum Gasteiger partial charge on any atom is -0.346 e. The van der Waals surface area contributed by atoms with Crippen molar-refractivity contribution < 1.29 is 9.47 Å². The van der Waals surface area contributed by atoms with Crippen molar-refractivity contribution in [1.82, 2.24) is 0 Å². The maximum Gasteiger partial charge on any atom is 0.194 e. The zero-order chi connectivity index (χ0) is 12.1. The maximum atomic E-state index is 5.95. The van der Waals surface area contributed by atoms with E-state index in [1.807, 2.05) is 0 Å². The van der Waals surface area contributed by atoms with Crippen LogP contribution in [-0.2, 0) is 15.3 Å². The molecule has 0 aliphatic carbocycles. The minimum atomic E-state index is -0.514. The molecular weight excluding hydrogens is 280 g/mol. The van der Waals surface area contributed by atoms with Crippen LogP contribution in [0.2, 0.25) is 0 Å². The average molecular weight is 299 g/mol. The Bertz CT molecular complexity index is 342. The van der Waals surface area contributed by atoms with Crippen LogP contribution in [0.5, 0.6) is 0 Å². The van der Waals surface area contributed by atoms with Gasteiger partial charge in [-0.25, -0.2) is 0 Å². The lowest BCUT2D eigenvalue weighted by Gasteiger charge is -2.37. The fourth-order valence-corrected chi connectivity index (χ4v) is 2.42. The number of alkyl halides is 1. The molecule has 0 atom stereocenters. The van der Waals surface area contributed by atoms with Gasteiger partial charge in [-0.15, -0.1) is 0 Å². The molecule has 1 aromatic carbocycles. The first-order valence-electron chi connectivity index (χ1n) is 6.18. The summed E-state index contributed by atoms with van der Waals surface area (Å²) < 4.78 is 11.9. The Morgan fingerprint density at radius 1 is 1.18 bits per heavy atom. The molecule has 0 amide bonds. The van der Waals surface area contributed by atoms with E-state index in [0.717, 1.165) is 43.4 Å². The van der Waals surface area contributed by atoms with Crippen molar-refractivity contribution in [3.8, 4) is 0 Å². The van der Waals surface area contributed by atoms with Crippen LogP contribution in [0.1, 0.15) is 30.4 Å². The second-order valence-corrected chi connectivity index (χ2v) is 5.25. The van der Waals surface area contributed by atoms with Gasteiger partial charge in [-0.05, 0) is 19.8 Å². The number of halogens is 1. The number of hydrogen-bond acceptors (Lipinski definition) is 2. The lowest BCUT2D eigenvalue weighted by molar-refractivity contribution is -0.279. The molecule has 1 heterocycles. The Kier molecular flexibility index (Phi) is 4.60. The first-order chi connectivity index (χ1) is 8.27. The second kappa shape index (κ2) is 5.98. The lowest BCUT2D eigenvalue weighted by Crippen LogP contribution is -2.38. The average Bonchev–Trinajstić information content (AvgIpc) is 2.38. The molecule has 17 heavy (non-hydrogen) atoms. The van der Waals surface area contributed by atoms with E-state index in [4.69, 9.17) is 9.47 Å². The Hall–Kier alpha value is -0.380. The first-order valence-corrected chi connectivity index (χ1v) is 7.30. The van der Waals surface area contributed by atoms with E-state index in [-0.39, 0.29) is 0 Å². The van der Waals surface area contributed by atoms with E-state index < -0.39 is 5.79 Å². The normalized spacial score (nSPS) is 19.2. The van der Waals surface area contributed by atoms with Crippen LogP contribution in [0.15, 0.2) is 24.3 Å². The van der Waals surface area contributed by atoms with E-state index >= 15 is 0 Å². The topological polar surface area (TPSA) is 18.5 Å². The highest BCUT2D eigenvalue weighted by molar-refractivity contribution is 9.09. The summed E-state index contributed by atoms with van der Waals surface area (Å²) in [6.45, 7) is 3.67. The number of ether oxygens (including phenoxy) is 2. The standard InChI is InChI=1S/C14H19BrO2/c1-12-4-6-13(7-5-12)14(8-2-9-15)16-10-3-11-17-14/h4-7H,2-3,8-11H2,1H3. The summed E-state index contributed by atoms with van der Waals surface area (Å²) in [6, 6.07) is 8.48. The molecule has 1 aliphatic heterocycles. The zero-order valence-corrected chi connectivity index (χ0v) is 11.8. The summed E-state index contributed by atoms with van der Waals surface area (Å²) in [4.78, 5) is 0. The number of rotatable bonds is 4. The molecule has 0 spiro atoms. The van der Waals surface area contributed by atoms with Crippen molar-refractivity contribution >= 4 is 15.9 Å². The third-order valence-electron chi connectivity index (χ3n) is 3.09. The van der Waals surface area contributed by atoms with Gasteiger partial charge in [0.25, 0.3) is 0 Å². The predicted octanol–water partition coefficient (Wildman–Crippen LogP) is 3.76. The highest BCUT2D eigenvalue weighted by atomic mass is 79.9. The fourth-order valence-electron chi connectivity index (χ4n) is 2.14. The van der Waals surface area contributed by atoms with Gasteiger partial charge in [0.1, 0.15) is 0 Å². The van der Waals surface area contributed by atoms with Crippen LogP contribution in [0.25, 0.3) is 0 Å². The van der Waals surface area contributed by atoms with E-state index in [2.05, 4.69) is 47.1 Å². The lowest BCUT2D eigenvalue weighted by atomic mass is 9.99. The largest absolute Gasteiger partial charge is 0.346 e. The van der Waals surface area contributed by atoms with Gasteiger partial charge in [0.2, 0.25) is 0 Å². The molecule has 1 aliphatic rings. The van der Waals surface area contributed by atoms with Gasteiger partial charge in [0.05, 0.1) is 13.2 Å². The SMILES string of the molecule is Cc1ccc(C2(CCCBr)OCCCO2)cc1. The summed E-state index contributed by atoms with van der Waals surface area (Å²) >= 11 is 3.47. The molecular formula is C14H19BrO2. The van der Waals surface area contributed by atoms with E-state index in [9.17, 15) is 0 Å². The monoisotopic (exact) mass is 298 g/mol. The third-order valence-corrected chi connectivity index (χ3v) is 3.65. The maximum absolute atomic E-state index is 5.95. The van der Waals surface area contributed by atoms with Gasteiger partial charge in [0.15, 0.2) is 5.79 Å². The Balaban J connectivity index is 2.21. The molecule has 1 saturated heterocycles. The molecule has 1 aromatic rings. The molecule has 0 saturated carbocycles. The van der Waals surface area contributed by atoms with Crippen molar-refractivity contribution in [2.45, 2.75) is 32.0 Å². The fraction of sp³-hybridized carbons (Fsp3) is 0.571. The van der Waals surface area contributed by atoms with E-state index in [1.54, 1.807) is 0 Å². The Morgan fingerprint density at radius 2 is 1.82 bits per heavy atom. The van der Waals surface area contributed by atoms with Crippen LogP contribution >= 0.6 is 15.9 Å². The highest BCUT2D eigenvalue weighted by Crippen LogP contribution is 2.35. The molecule has 0 aromatic heterocycles. The molecule has 94 valence electrons. The van der Waals surface area contributed by atoms with Gasteiger partial charge in [0, 0.05) is 17.3 Å². The summed E-state index contributed by atoms with van der Waals surface area (Å²) in [5, 5.41) is 0.979. The van der Waals surface area contributed by atoms with Gasteiger partial charge < -0.3 is 9.47 Å². The summed E-state index contributed by atoms with van der Waals surface area (Å²) in [7, 11) is 0. The molecule has 3 heteroatoms. The van der Waals surface area contributed by atoms with Crippen molar-refractivity contribution in [1.29, 1.82) is 0 Å². The summed E-state index contributed by atoms with van der Waals surface area (Å²) in [5.41, 5.74) is 2.41. The molecule has 1 fully saturated rings. The van der Waals surface area contributed by atoms with Gasteiger partial charge in [-0.1, -0.05) is 45.8 Å². The molecule has 2 nitrogen and oxygen atoms in total. The van der Waals surface area contributed by atoms with Crippen molar-refractivity contribution in [2.75, 3.05) is 18.5 Å². The summed E-state index contributed by atoms with van der Waals surface area (Å²) in [6.07, 6.45) is 2.94. The third kappa shape index (κ3) is 3.09. The van der Waals surface area contributed by atoms with Crippen LogP contribution in [-0.4, -0.2) is 18.5 Å². The first kappa shape index (κ1) is 13.1. The van der Waals surface area contributed by atoms with Gasteiger partial charge >= 0.3 is 0 Å². The number of hydrogen-bond donors (Lipinski definition) is 0. The molecule has 2 rings (SSSR count). The highest BCUT2D eigenvalue weighted by Gasteiger charge is 2.35.